The molecule has 0 amide bonds. The van der Waals surface area contributed by atoms with Crippen LogP contribution in [0.2, 0.25) is 0 Å². The van der Waals surface area contributed by atoms with Crippen LogP contribution in [0.1, 0.15) is 39.1 Å². The Bertz CT molecular complexity index is 560. The maximum atomic E-state index is 9.70. The van der Waals surface area contributed by atoms with Crippen LogP contribution in [-0.4, -0.2) is 21.3 Å². The van der Waals surface area contributed by atoms with Crippen LogP contribution in [-0.2, 0) is 6.42 Å². The van der Waals surface area contributed by atoms with Gasteiger partial charge in [-0.1, -0.05) is 20.8 Å². The summed E-state index contributed by atoms with van der Waals surface area (Å²) in [5.74, 6) is 1.39. The lowest BCUT2D eigenvalue weighted by atomic mass is 10.0. The molecule has 4 nitrogen and oxygen atoms in total. The van der Waals surface area contributed by atoms with Crippen LogP contribution in [0.3, 0.4) is 0 Å². The van der Waals surface area contributed by atoms with Crippen LogP contribution < -0.4 is 5.73 Å². The summed E-state index contributed by atoms with van der Waals surface area (Å²) in [5, 5.41) is 9.70. The Labute approximate surface area is 114 Å². The zero-order valence-electron chi connectivity index (χ0n) is 11.9. The quantitative estimate of drug-likeness (QED) is 0.813. The highest BCUT2D eigenvalue weighted by molar-refractivity contribution is 5.79. The third-order valence-corrected chi connectivity index (χ3v) is 3.55. The van der Waals surface area contributed by atoms with Gasteiger partial charge in [0, 0.05) is 12.1 Å². The van der Waals surface area contributed by atoms with Gasteiger partial charge in [0.1, 0.15) is 5.82 Å². The molecule has 2 aromatic rings. The minimum absolute atomic E-state index is 0.0650. The van der Waals surface area contributed by atoms with Gasteiger partial charge in [-0.15, -0.1) is 0 Å². The van der Waals surface area contributed by atoms with Gasteiger partial charge in [0.2, 0.25) is 0 Å². The molecule has 1 atom stereocenters. The Morgan fingerprint density at radius 3 is 2.68 bits per heavy atom. The first-order valence-corrected chi connectivity index (χ1v) is 6.95. The fourth-order valence-corrected chi connectivity index (χ4v) is 2.53. The molecule has 4 heteroatoms. The molecule has 1 unspecified atom stereocenters. The number of fused-ring (bicyclic) bond motifs is 1. The Kier molecular flexibility index (Phi) is 4.10. The molecule has 0 aliphatic carbocycles. The van der Waals surface area contributed by atoms with Gasteiger partial charge in [-0.05, 0) is 30.5 Å². The first kappa shape index (κ1) is 13.9. The lowest BCUT2D eigenvalue weighted by Crippen LogP contribution is -2.21. The number of nitrogens with zero attached hydrogens (tertiary/aromatic N) is 2. The number of hydrogen-bond acceptors (Lipinski definition) is 3. The lowest BCUT2D eigenvalue weighted by Gasteiger charge is -2.23. The number of imidazole rings is 1. The molecule has 0 aliphatic heterocycles. The Balaban J connectivity index is 2.63. The van der Waals surface area contributed by atoms with E-state index in [2.05, 4.69) is 30.3 Å². The summed E-state index contributed by atoms with van der Waals surface area (Å²) in [4.78, 5) is 4.69. The molecular formula is C15H23N3O. The number of rotatable bonds is 5. The number of nitrogens with two attached hydrogens (primary N) is 1. The predicted octanol–water partition coefficient (Wildman–Crippen LogP) is 2.76. The first-order valence-electron chi connectivity index (χ1n) is 6.95. The van der Waals surface area contributed by atoms with Gasteiger partial charge < -0.3 is 15.4 Å². The van der Waals surface area contributed by atoms with E-state index in [9.17, 15) is 5.11 Å². The second kappa shape index (κ2) is 5.61. The Morgan fingerprint density at radius 2 is 2.11 bits per heavy atom. The van der Waals surface area contributed by atoms with Crippen molar-refractivity contribution in [2.24, 2.45) is 5.92 Å². The standard InChI is InChI=1S/C15H23N3O/c1-4-5-15-17-12-8-11(16)6-7-13(12)18(15)14(9-19)10(2)3/h6-8,10,14,19H,4-5,9,16H2,1-3H3. The molecular weight excluding hydrogens is 238 g/mol. The maximum absolute atomic E-state index is 9.70. The van der Waals surface area contributed by atoms with Crippen LogP contribution in [0.5, 0.6) is 0 Å². The van der Waals surface area contributed by atoms with E-state index in [0.29, 0.717) is 5.92 Å². The van der Waals surface area contributed by atoms with Crippen LogP contribution in [0.4, 0.5) is 5.69 Å². The largest absolute Gasteiger partial charge is 0.399 e. The molecule has 1 aromatic heterocycles. The molecule has 0 fully saturated rings. The van der Waals surface area contributed by atoms with Crippen molar-refractivity contribution in [1.29, 1.82) is 0 Å². The number of benzene rings is 1. The summed E-state index contributed by atoms with van der Waals surface area (Å²) in [7, 11) is 0. The molecule has 104 valence electrons. The molecule has 1 heterocycles. The summed E-state index contributed by atoms with van der Waals surface area (Å²) in [6.07, 6.45) is 1.95. The van der Waals surface area contributed by atoms with Crippen LogP contribution in [0.25, 0.3) is 11.0 Å². The fourth-order valence-electron chi connectivity index (χ4n) is 2.53. The zero-order valence-corrected chi connectivity index (χ0v) is 11.9. The van der Waals surface area contributed by atoms with Gasteiger partial charge in [0.25, 0.3) is 0 Å². The second-order valence-electron chi connectivity index (χ2n) is 5.39. The van der Waals surface area contributed by atoms with Crippen molar-refractivity contribution in [1.82, 2.24) is 9.55 Å². The number of aromatic nitrogens is 2. The summed E-state index contributed by atoms with van der Waals surface area (Å²) in [6.45, 7) is 6.52. The number of aryl methyl sites for hydroxylation is 1. The average molecular weight is 261 g/mol. The normalized spacial score (nSPS) is 13.3. The topological polar surface area (TPSA) is 64.1 Å². The third-order valence-electron chi connectivity index (χ3n) is 3.55. The van der Waals surface area contributed by atoms with E-state index in [4.69, 9.17) is 5.73 Å². The van der Waals surface area contributed by atoms with Crippen LogP contribution in [0, 0.1) is 5.92 Å². The van der Waals surface area contributed by atoms with E-state index in [0.717, 1.165) is 35.4 Å². The minimum Gasteiger partial charge on any atom is -0.399 e. The van der Waals surface area contributed by atoms with E-state index >= 15 is 0 Å². The summed E-state index contributed by atoms with van der Waals surface area (Å²) >= 11 is 0. The van der Waals surface area contributed by atoms with Crippen molar-refractivity contribution in [2.45, 2.75) is 39.7 Å². The fraction of sp³-hybridized carbons (Fsp3) is 0.533. The van der Waals surface area contributed by atoms with E-state index < -0.39 is 0 Å². The minimum atomic E-state index is 0.0650. The summed E-state index contributed by atoms with van der Waals surface area (Å²) in [6, 6.07) is 5.86. The zero-order chi connectivity index (χ0) is 14.0. The molecule has 0 aliphatic rings. The number of hydrogen-bond donors (Lipinski definition) is 2. The SMILES string of the molecule is CCCc1nc2cc(N)ccc2n1C(CO)C(C)C. The molecule has 0 bridgehead atoms. The van der Waals surface area contributed by atoms with E-state index in [1.807, 2.05) is 18.2 Å². The van der Waals surface area contributed by atoms with Crippen molar-refractivity contribution in [3.63, 3.8) is 0 Å². The maximum Gasteiger partial charge on any atom is 0.110 e. The van der Waals surface area contributed by atoms with Gasteiger partial charge in [-0.3, -0.25) is 0 Å². The second-order valence-corrected chi connectivity index (χ2v) is 5.39. The molecule has 0 saturated heterocycles. The van der Waals surface area contributed by atoms with Gasteiger partial charge in [-0.25, -0.2) is 4.98 Å². The van der Waals surface area contributed by atoms with Crippen molar-refractivity contribution < 1.29 is 5.11 Å². The molecule has 0 spiro atoms. The van der Waals surface area contributed by atoms with Gasteiger partial charge in [0.15, 0.2) is 0 Å². The summed E-state index contributed by atoms with van der Waals surface area (Å²) in [5.41, 5.74) is 8.53. The van der Waals surface area contributed by atoms with E-state index in [-0.39, 0.29) is 12.6 Å². The van der Waals surface area contributed by atoms with Crippen molar-refractivity contribution >= 4 is 16.7 Å². The monoisotopic (exact) mass is 261 g/mol. The summed E-state index contributed by atoms with van der Waals surface area (Å²) < 4.78 is 2.18. The van der Waals surface area contributed by atoms with E-state index in [1.165, 1.54) is 0 Å². The third kappa shape index (κ3) is 2.59. The number of anilines is 1. The predicted molar refractivity (Wildman–Crippen MR) is 79.1 cm³/mol. The van der Waals surface area contributed by atoms with Crippen LogP contribution in [0.15, 0.2) is 18.2 Å². The van der Waals surface area contributed by atoms with Crippen molar-refractivity contribution in [3.05, 3.63) is 24.0 Å². The highest BCUT2D eigenvalue weighted by atomic mass is 16.3. The van der Waals surface area contributed by atoms with Crippen molar-refractivity contribution in [3.8, 4) is 0 Å². The Hall–Kier alpha value is -1.55. The van der Waals surface area contributed by atoms with Gasteiger partial charge >= 0.3 is 0 Å². The molecule has 1 aromatic carbocycles. The number of aliphatic hydroxyl groups excluding tert-OH is 1. The highest BCUT2D eigenvalue weighted by Crippen LogP contribution is 2.27. The lowest BCUT2D eigenvalue weighted by molar-refractivity contribution is 0.193. The molecule has 2 rings (SSSR count). The Morgan fingerprint density at radius 1 is 1.37 bits per heavy atom. The van der Waals surface area contributed by atoms with Crippen molar-refractivity contribution in [2.75, 3.05) is 12.3 Å². The van der Waals surface area contributed by atoms with E-state index in [1.54, 1.807) is 0 Å². The van der Waals surface area contributed by atoms with Gasteiger partial charge in [0.05, 0.1) is 23.7 Å². The smallest absolute Gasteiger partial charge is 0.110 e. The molecule has 19 heavy (non-hydrogen) atoms. The highest BCUT2D eigenvalue weighted by Gasteiger charge is 2.20. The average Bonchev–Trinajstić information content (AvgIpc) is 2.68. The number of nitrogen functional groups attached to an aromatic ring is 1. The first-order chi connectivity index (χ1) is 9.08. The number of aliphatic hydroxyl groups is 1. The molecule has 3 N–H and O–H groups in total. The van der Waals surface area contributed by atoms with Crippen LogP contribution >= 0.6 is 0 Å². The molecule has 0 radical (unpaired) electrons. The molecule has 0 saturated carbocycles. The van der Waals surface area contributed by atoms with Gasteiger partial charge in [-0.2, -0.15) is 0 Å².